The normalized spacial score (nSPS) is 17.7. The molecule has 2 N–H and O–H groups in total. The van der Waals surface area contributed by atoms with Gasteiger partial charge in [0.15, 0.2) is 5.82 Å². The topological polar surface area (TPSA) is 81.1 Å². The lowest BCUT2D eigenvalue weighted by atomic mass is 10.1. The first kappa shape index (κ1) is 15.5. The van der Waals surface area contributed by atoms with Crippen molar-refractivity contribution in [3.8, 4) is 0 Å². The molecule has 21 heavy (non-hydrogen) atoms. The minimum atomic E-state index is -0.158. The van der Waals surface area contributed by atoms with Crippen LogP contribution in [0.1, 0.15) is 43.9 Å². The van der Waals surface area contributed by atoms with E-state index in [9.17, 15) is 4.79 Å². The Kier molecular flexibility index (Phi) is 5.74. The first-order valence-electron chi connectivity index (χ1n) is 7.32. The predicted octanol–water partition coefficient (Wildman–Crippen LogP) is 1.52. The molecule has 1 aromatic heterocycles. The predicted molar refractivity (Wildman–Crippen MR) is 78.7 cm³/mol. The number of rotatable bonds is 6. The Balaban J connectivity index is 1.91. The molecule has 2 amide bonds. The zero-order valence-corrected chi connectivity index (χ0v) is 12.6. The Morgan fingerprint density at radius 1 is 1.57 bits per heavy atom. The number of nitrogens with one attached hydrogen (secondary N) is 2. The van der Waals surface area contributed by atoms with Crippen molar-refractivity contribution >= 4 is 6.03 Å². The van der Waals surface area contributed by atoms with Crippen LogP contribution in [-0.2, 0) is 17.9 Å². The lowest BCUT2D eigenvalue weighted by Gasteiger charge is -2.23. The molecule has 2 rings (SSSR count). The monoisotopic (exact) mass is 293 g/mol. The molecule has 1 aliphatic rings. The molecule has 116 valence electrons. The van der Waals surface area contributed by atoms with E-state index in [0.717, 1.165) is 31.6 Å². The molecule has 1 aliphatic heterocycles. The molecular formula is C14H23N5O2. The van der Waals surface area contributed by atoms with Crippen LogP contribution in [0.3, 0.4) is 0 Å². The molecule has 7 heteroatoms. The number of amides is 2. The van der Waals surface area contributed by atoms with Crippen molar-refractivity contribution in [3.05, 3.63) is 23.8 Å². The molecule has 0 aromatic carbocycles. The summed E-state index contributed by atoms with van der Waals surface area (Å²) < 4.78 is 6.92. The first-order chi connectivity index (χ1) is 10.2. The Hall–Kier alpha value is -1.89. The summed E-state index contributed by atoms with van der Waals surface area (Å²) in [4.78, 5) is 16.3. The fourth-order valence-corrected chi connectivity index (χ4v) is 2.37. The number of allylic oxidation sites excluding steroid dienone is 1. The van der Waals surface area contributed by atoms with Crippen LogP contribution < -0.4 is 10.6 Å². The Bertz CT molecular complexity index is 498. The quantitative estimate of drug-likeness (QED) is 0.615. The summed E-state index contributed by atoms with van der Waals surface area (Å²) >= 11 is 0. The summed E-state index contributed by atoms with van der Waals surface area (Å²) in [5.74, 6) is 1.48. The van der Waals surface area contributed by atoms with E-state index >= 15 is 0 Å². The van der Waals surface area contributed by atoms with Gasteiger partial charge >= 0.3 is 6.03 Å². The maximum Gasteiger partial charge on any atom is 0.315 e. The third kappa shape index (κ3) is 4.29. The highest BCUT2D eigenvalue weighted by Gasteiger charge is 2.25. The highest BCUT2D eigenvalue weighted by Crippen LogP contribution is 2.23. The van der Waals surface area contributed by atoms with E-state index in [4.69, 9.17) is 4.74 Å². The molecule has 0 saturated heterocycles. The smallest absolute Gasteiger partial charge is 0.315 e. The van der Waals surface area contributed by atoms with Gasteiger partial charge in [0.25, 0.3) is 0 Å². The Morgan fingerprint density at radius 3 is 3.19 bits per heavy atom. The van der Waals surface area contributed by atoms with Crippen molar-refractivity contribution in [2.24, 2.45) is 0 Å². The van der Waals surface area contributed by atoms with E-state index in [1.165, 1.54) is 0 Å². The molecule has 1 unspecified atom stereocenters. The molecule has 2 heterocycles. The summed E-state index contributed by atoms with van der Waals surface area (Å²) in [5.41, 5.74) is 0. The van der Waals surface area contributed by atoms with E-state index < -0.39 is 0 Å². The van der Waals surface area contributed by atoms with Crippen molar-refractivity contribution in [1.82, 2.24) is 25.4 Å². The molecule has 1 aromatic rings. The number of aryl methyl sites for hydroxylation is 1. The molecule has 7 nitrogen and oxygen atoms in total. The second-order valence-corrected chi connectivity index (χ2v) is 5.00. The number of nitrogens with zero attached hydrogens (tertiary/aromatic N) is 3. The van der Waals surface area contributed by atoms with Gasteiger partial charge in [-0.05, 0) is 26.2 Å². The lowest BCUT2D eigenvalue weighted by Crippen LogP contribution is -2.40. The van der Waals surface area contributed by atoms with Gasteiger partial charge in [0.2, 0.25) is 0 Å². The van der Waals surface area contributed by atoms with Crippen LogP contribution in [-0.4, -0.2) is 34.5 Å². The molecule has 0 saturated carbocycles. The maximum atomic E-state index is 11.9. The zero-order chi connectivity index (χ0) is 15.1. The van der Waals surface area contributed by atoms with Crippen LogP contribution in [0.5, 0.6) is 0 Å². The van der Waals surface area contributed by atoms with Crippen molar-refractivity contribution < 1.29 is 9.53 Å². The van der Waals surface area contributed by atoms with E-state index in [1.807, 2.05) is 23.8 Å². The lowest BCUT2D eigenvalue weighted by molar-refractivity contribution is 0.177. The van der Waals surface area contributed by atoms with Gasteiger partial charge in [0, 0.05) is 20.2 Å². The van der Waals surface area contributed by atoms with E-state index in [2.05, 4.69) is 20.7 Å². The fourth-order valence-electron chi connectivity index (χ4n) is 2.37. The van der Waals surface area contributed by atoms with Crippen LogP contribution in [0.25, 0.3) is 0 Å². The number of urea groups is 1. The highest BCUT2D eigenvalue weighted by molar-refractivity contribution is 5.74. The highest BCUT2D eigenvalue weighted by atomic mass is 16.5. The molecular weight excluding hydrogens is 270 g/mol. The number of aromatic nitrogens is 3. The van der Waals surface area contributed by atoms with Crippen LogP contribution in [0.15, 0.2) is 12.2 Å². The van der Waals surface area contributed by atoms with Crippen LogP contribution in [0.4, 0.5) is 4.79 Å². The maximum absolute atomic E-state index is 11.9. The third-order valence-corrected chi connectivity index (χ3v) is 3.33. The molecule has 0 aliphatic carbocycles. The average Bonchev–Trinajstić information content (AvgIpc) is 2.88. The Labute approximate surface area is 124 Å². The molecule has 0 spiro atoms. The minimum Gasteiger partial charge on any atom is -0.377 e. The summed E-state index contributed by atoms with van der Waals surface area (Å²) in [5, 5.41) is 10.2. The van der Waals surface area contributed by atoms with E-state index in [0.29, 0.717) is 19.0 Å². The Morgan fingerprint density at radius 2 is 2.43 bits per heavy atom. The van der Waals surface area contributed by atoms with Crippen molar-refractivity contribution in [3.63, 3.8) is 0 Å². The molecule has 0 bridgehead atoms. The van der Waals surface area contributed by atoms with Gasteiger partial charge in [-0.3, -0.25) is 0 Å². The van der Waals surface area contributed by atoms with Gasteiger partial charge in [-0.25, -0.2) is 14.5 Å². The van der Waals surface area contributed by atoms with Gasteiger partial charge in [-0.1, -0.05) is 12.2 Å². The molecule has 0 radical (unpaired) electrons. The first-order valence-corrected chi connectivity index (χ1v) is 7.32. The summed E-state index contributed by atoms with van der Waals surface area (Å²) in [7, 11) is 1.62. The number of carbonyl (C=O) groups excluding carboxylic acids is 1. The minimum absolute atomic E-state index is 0.0847. The number of hydrogen-bond acceptors (Lipinski definition) is 4. The van der Waals surface area contributed by atoms with Gasteiger partial charge in [0.1, 0.15) is 12.4 Å². The van der Waals surface area contributed by atoms with Gasteiger partial charge in [-0.15, -0.1) is 0 Å². The summed E-state index contributed by atoms with van der Waals surface area (Å²) in [6.45, 7) is 3.83. The third-order valence-electron chi connectivity index (χ3n) is 3.33. The van der Waals surface area contributed by atoms with Crippen molar-refractivity contribution in [2.75, 3.05) is 13.7 Å². The fraction of sp³-hybridized carbons (Fsp3) is 0.643. The SMILES string of the molecule is C/C=C/CCNC(=O)NC1CCCn2nc(COC)nc21. The number of fused-ring (bicyclic) bond motifs is 1. The summed E-state index contributed by atoms with van der Waals surface area (Å²) in [6.07, 6.45) is 6.69. The van der Waals surface area contributed by atoms with Crippen molar-refractivity contribution in [1.29, 1.82) is 0 Å². The van der Waals surface area contributed by atoms with E-state index in [1.54, 1.807) is 7.11 Å². The van der Waals surface area contributed by atoms with E-state index in [-0.39, 0.29) is 12.1 Å². The average molecular weight is 293 g/mol. The second kappa shape index (κ2) is 7.78. The van der Waals surface area contributed by atoms with Crippen LogP contribution in [0, 0.1) is 0 Å². The number of methoxy groups -OCH3 is 1. The van der Waals surface area contributed by atoms with Gasteiger partial charge < -0.3 is 15.4 Å². The molecule has 0 fully saturated rings. The number of hydrogen-bond donors (Lipinski definition) is 2. The van der Waals surface area contributed by atoms with Gasteiger partial charge in [0.05, 0.1) is 6.04 Å². The van der Waals surface area contributed by atoms with Crippen LogP contribution >= 0.6 is 0 Å². The largest absolute Gasteiger partial charge is 0.377 e. The standard InChI is InChI=1S/C14H23N5O2/c1-3-4-5-8-15-14(20)16-11-7-6-9-19-13(11)17-12(18-19)10-21-2/h3-4,11H,5-10H2,1-2H3,(H2,15,16,20)/b4-3+. The second-order valence-electron chi connectivity index (χ2n) is 5.00. The van der Waals surface area contributed by atoms with Crippen LogP contribution in [0.2, 0.25) is 0 Å². The zero-order valence-electron chi connectivity index (χ0n) is 12.6. The van der Waals surface area contributed by atoms with Crippen molar-refractivity contribution in [2.45, 2.75) is 45.4 Å². The molecule has 1 atom stereocenters. The number of ether oxygens (including phenoxy) is 1. The summed E-state index contributed by atoms with van der Waals surface area (Å²) in [6, 6.07) is -0.243. The van der Waals surface area contributed by atoms with Gasteiger partial charge in [-0.2, -0.15) is 5.10 Å². The number of carbonyl (C=O) groups is 1.